The molecule has 0 amide bonds. The number of tetrazole rings is 1. The molecule has 0 saturated heterocycles. The van der Waals surface area contributed by atoms with E-state index in [1.165, 1.54) is 16.3 Å². The minimum absolute atomic E-state index is 0.590. The van der Waals surface area contributed by atoms with Crippen molar-refractivity contribution in [3.05, 3.63) is 78.4 Å². The molecule has 0 atom stereocenters. The number of hydrogen-bond acceptors (Lipinski definition) is 4. The van der Waals surface area contributed by atoms with E-state index in [9.17, 15) is 0 Å². The first-order chi connectivity index (χ1) is 12.3. The summed E-state index contributed by atoms with van der Waals surface area (Å²) in [5.41, 5.74) is 2.25. The maximum Gasteiger partial charge on any atom is 0.204 e. The van der Waals surface area contributed by atoms with Crippen molar-refractivity contribution < 1.29 is 0 Å². The summed E-state index contributed by atoms with van der Waals surface area (Å²) in [7, 11) is 2.06. The maximum atomic E-state index is 4.46. The standard InChI is InChI=1S/C20H19N5/c1-24(14-16-11-12-17-7-5-6-10-19(17)13-16)15-25-22-20(21-23-25)18-8-3-2-4-9-18/h2-13H,14-15H2,1H3. The molecule has 0 unspecified atom stereocenters. The molecule has 4 rings (SSSR count). The van der Waals surface area contributed by atoms with E-state index in [0.29, 0.717) is 12.5 Å². The van der Waals surface area contributed by atoms with Crippen molar-refractivity contribution in [2.75, 3.05) is 7.05 Å². The SMILES string of the molecule is CN(Cc1ccc2ccccc2c1)Cn1nnc(-c2ccccc2)n1. The van der Waals surface area contributed by atoms with Gasteiger partial charge >= 0.3 is 0 Å². The Kier molecular flexibility index (Phi) is 4.23. The summed E-state index contributed by atoms with van der Waals surface area (Å²) < 4.78 is 0. The van der Waals surface area contributed by atoms with E-state index in [4.69, 9.17) is 0 Å². The Balaban J connectivity index is 1.45. The predicted octanol–water partition coefficient (Wildman–Crippen LogP) is 3.58. The van der Waals surface area contributed by atoms with Crippen molar-refractivity contribution in [2.45, 2.75) is 13.2 Å². The van der Waals surface area contributed by atoms with Crippen LogP contribution < -0.4 is 0 Å². The monoisotopic (exact) mass is 329 g/mol. The Bertz CT molecular complexity index is 977. The van der Waals surface area contributed by atoms with Gasteiger partial charge in [-0.2, -0.15) is 0 Å². The van der Waals surface area contributed by atoms with Crippen LogP contribution in [0.4, 0.5) is 0 Å². The second-order valence-electron chi connectivity index (χ2n) is 6.19. The Morgan fingerprint density at radius 2 is 1.64 bits per heavy atom. The van der Waals surface area contributed by atoms with E-state index in [1.807, 2.05) is 30.3 Å². The third-order valence-electron chi connectivity index (χ3n) is 4.12. The van der Waals surface area contributed by atoms with Crippen LogP contribution >= 0.6 is 0 Å². The van der Waals surface area contributed by atoms with E-state index in [-0.39, 0.29) is 0 Å². The summed E-state index contributed by atoms with van der Waals surface area (Å²) in [5.74, 6) is 0.653. The molecule has 0 aliphatic rings. The fraction of sp³-hybridized carbons (Fsp3) is 0.150. The lowest BCUT2D eigenvalue weighted by Gasteiger charge is -2.15. The first-order valence-electron chi connectivity index (χ1n) is 8.27. The molecule has 4 aromatic rings. The van der Waals surface area contributed by atoms with E-state index < -0.39 is 0 Å². The third-order valence-corrected chi connectivity index (χ3v) is 4.12. The number of benzene rings is 3. The van der Waals surface area contributed by atoms with E-state index in [0.717, 1.165) is 12.1 Å². The molecule has 1 aromatic heterocycles. The first-order valence-corrected chi connectivity index (χ1v) is 8.27. The Labute approximate surface area is 146 Å². The van der Waals surface area contributed by atoms with Gasteiger partial charge in [0.1, 0.15) is 6.67 Å². The van der Waals surface area contributed by atoms with Gasteiger partial charge in [-0.15, -0.1) is 15.0 Å². The van der Waals surface area contributed by atoms with E-state index in [1.54, 1.807) is 4.80 Å². The molecule has 0 N–H and O–H groups in total. The van der Waals surface area contributed by atoms with Crippen LogP contribution in [0.15, 0.2) is 72.8 Å². The molecule has 0 fully saturated rings. The molecular weight excluding hydrogens is 310 g/mol. The largest absolute Gasteiger partial charge is 0.282 e. The van der Waals surface area contributed by atoms with Crippen LogP contribution in [0, 0.1) is 0 Å². The van der Waals surface area contributed by atoms with Gasteiger partial charge in [-0.05, 0) is 34.7 Å². The van der Waals surface area contributed by atoms with Crippen molar-refractivity contribution >= 4 is 10.8 Å². The van der Waals surface area contributed by atoms with Crippen molar-refractivity contribution in [3.63, 3.8) is 0 Å². The van der Waals surface area contributed by atoms with E-state index in [2.05, 4.69) is 69.8 Å². The second kappa shape index (κ2) is 6.83. The smallest absolute Gasteiger partial charge is 0.204 e. The van der Waals surface area contributed by atoms with Crippen molar-refractivity contribution in [1.82, 2.24) is 25.1 Å². The Morgan fingerprint density at radius 1 is 0.880 bits per heavy atom. The fourth-order valence-corrected chi connectivity index (χ4v) is 2.92. The second-order valence-corrected chi connectivity index (χ2v) is 6.19. The highest BCUT2D eigenvalue weighted by Gasteiger charge is 2.08. The number of fused-ring (bicyclic) bond motifs is 1. The fourth-order valence-electron chi connectivity index (χ4n) is 2.92. The molecule has 25 heavy (non-hydrogen) atoms. The van der Waals surface area contributed by atoms with Crippen molar-refractivity contribution in [2.24, 2.45) is 0 Å². The summed E-state index contributed by atoms with van der Waals surface area (Å²) in [6.45, 7) is 1.42. The van der Waals surface area contributed by atoms with Crippen LogP contribution in [0.2, 0.25) is 0 Å². The summed E-state index contributed by atoms with van der Waals surface area (Å²) in [4.78, 5) is 3.80. The highest BCUT2D eigenvalue weighted by molar-refractivity contribution is 5.82. The highest BCUT2D eigenvalue weighted by atomic mass is 15.6. The lowest BCUT2D eigenvalue weighted by molar-refractivity contribution is 0.227. The van der Waals surface area contributed by atoms with Gasteiger partial charge in [0, 0.05) is 12.1 Å². The van der Waals surface area contributed by atoms with Gasteiger partial charge in [-0.1, -0.05) is 66.7 Å². The van der Waals surface area contributed by atoms with Crippen molar-refractivity contribution in [1.29, 1.82) is 0 Å². The van der Waals surface area contributed by atoms with Crippen LogP contribution in [-0.2, 0) is 13.2 Å². The summed E-state index contributed by atoms with van der Waals surface area (Å²) in [5, 5.41) is 15.3. The van der Waals surface area contributed by atoms with Gasteiger partial charge in [-0.3, -0.25) is 4.90 Å². The molecule has 0 aliphatic carbocycles. The zero-order valence-corrected chi connectivity index (χ0v) is 14.1. The predicted molar refractivity (Wildman–Crippen MR) is 98.7 cm³/mol. The lowest BCUT2D eigenvalue weighted by atomic mass is 10.1. The van der Waals surface area contributed by atoms with Gasteiger partial charge < -0.3 is 0 Å². The molecule has 3 aromatic carbocycles. The molecule has 5 heteroatoms. The number of rotatable bonds is 5. The molecule has 0 bridgehead atoms. The molecular formula is C20H19N5. The molecule has 1 heterocycles. The van der Waals surface area contributed by atoms with Crippen LogP contribution in [0.5, 0.6) is 0 Å². The molecule has 0 spiro atoms. The zero-order chi connectivity index (χ0) is 17.1. The minimum atomic E-state index is 0.590. The van der Waals surface area contributed by atoms with Crippen LogP contribution in [0.3, 0.4) is 0 Å². The van der Waals surface area contributed by atoms with Gasteiger partial charge in [-0.25, -0.2) is 0 Å². The van der Waals surface area contributed by atoms with Crippen LogP contribution in [0.25, 0.3) is 22.2 Å². The topological polar surface area (TPSA) is 46.8 Å². The first kappa shape index (κ1) is 15.5. The summed E-state index contributed by atoms with van der Waals surface area (Å²) in [6, 6.07) is 24.9. The molecule has 0 radical (unpaired) electrons. The lowest BCUT2D eigenvalue weighted by Crippen LogP contribution is -2.23. The number of hydrogen-bond donors (Lipinski definition) is 0. The molecule has 124 valence electrons. The maximum absolute atomic E-state index is 4.46. The van der Waals surface area contributed by atoms with Crippen LogP contribution in [0.1, 0.15) is 5.56 Å². The summed E-state index contributed by atoms with van der Waals surface area (Å²) >= 11 is 0. The summed E-state index contributed by atoms with van der Waals surface area (Å²) in [6.07, 6.45) is 0. The Morgan fingerprint density at radius 3 is 2.48 bits per heavy atom. The third kappa shape index (κ3) is 3.56. The molecule has 0 aliphatic heterocycles. The van der Waals surface area contributed by atoms with Gasteiger partial charge in [0.25, 0.3) is 0 Å². The minimum Gasteiger partial charge on any atom is -0.282 e. The Hall–Kier alpha value is -3.05. The number of aromatic nitrogens is 4. The average molecular weight is 329 g/mol. The average Bonchev–Trinajstić information content (AvgIpc) is 3.10. The quantitative estimate of drug-likeness (QED) is 0.561. The van der Waals surface area contributed by atoms with Gasteiger partial charge in [0.05, 0.1) is 0 Å². The number of nitrogens with zero attached hydrogens (tertiary/aromatic N) is 5. The highest BCUT2D eigenvalue weighted by Crippen LogP contribution is 2.17. The van der Waals surface area contributed by atoms with Gasteiger partial charge in [0.15, 0.2) is 0 Å². The van der Waals surface area contributed by atoms with Crippen molar-refractivity contribution in [3.8, 4) is 11.4 Å². The molecule has 0 saturated carbocycles. The van der Waals surface area contributed by atoms with Gasteiger partial charge in [0.2, 0.25) is 5.82 Å². The zero-order valence-electron chi connectivity index (χ0n) is 14.1. The van der Waals surface area contributed by atoms with Crippen LogP contribution in [-0.4, -0.2) is 32.2 Å². The molecule has 5 nitrogen and oxygen atoms in total. The normalized spacial score (nSPS) is 11.3. The van der Waals surface area contributed by atoms with E-state index >= 15 is 0 Å².